The van der Waals surface area contributed by atoms with Crippen LogP contribution in [-0.4, -0.2) is 22.5 Å². The van der Waals surface area contributed by atoms with Crippen LogP contribution in [0.4, 0.5) is 10.2 Å². The van der Waals surface area contributed by atoms with E-state index in [0.717, 1.165) is 11.1 Å². The lowest BCUT2D eigenvalue weighted by molar-refractivity contribution is -0.116. The van der Waals surface area contributed by atoms with Crippen LogP contribution < -0.4 is 15.6 Å². The number of amides is 1. The molecule has 0 unspecified atom stereocenters. The van der Waals surface area contributed by atoms with Crippen LogP contribution in [0.3, 0.4) is 0 Å². The molecule has 1 aliphatic heterocycles. The van der Waals surface area contributed by atoms with E-state index in [1.165, 1.54) is 23.9 Å². The number of carbonyl (C=O) groups is 1. The first-order chi connectivity index (χ1) is 15.0. The van der Waals surface area contributed by atoms with Crippen LogP contribution in [0.5, 0.6) is 5.75 Å². The van der Waals surface area contributed by atoms with Crippen molar-refractivity contribution in [2.75, 3.05) is 11.9 Å². The van der Waals surface area contributed by atoms with Gasteiger partial charge in [-0.1, -0.05) is 54.7 Å². The summed E-state index contributed by atoms with van der Waals surface area (Å²) in [5.74, 6) is 0.353. The van der Waals surface area contributed by atoms with E-state index in [1.54, 1.807) is 24.3 Å². The molecular weight excluding hydrogens is 417 g/mol. The first kappa shape index (κ1) is 20.9. The number of fused-ring (bicyclic) bond motifs is 1. The third-order valence-electron chi connectivity index (χ3n) is 4.87. The van der Waals surface area contributed by atoms with E-state index >= 15 is 0 Å². The van der Waals surface area contributed by atoms with E-state index in [4.69, 9.17) is 4.74 Å². The number of hydrogen-bond acceptors (Lipinski definition) is 5. The molecule has 3 aromatic rings. The summed E-state index contributed by atoms with van der Waals surface area (Å²) in [4.78, 5) is 32.7. The predicted molar refractivity (Wildman–Crippen MR) is 118 cm³/mol. The zero-order chi connectivity index (χ0) is 21.8. The van der Waals surface area contributed by atoms with Gasteiger partial charge in [0, 0.05) is 23.7 Å². The highest BCUT2D eigenvalue weighted by Crippen LogP contribution is 2.38. The highest BCUT2D eigenvalue weighted by molar-refractivity contribution is 7.98. The fourth-order valence-electron chi connectivity index (χ4n) is 3.47. The smallest absolute Gasteiger partial charge is 0.257 e. The summed E-state index contributed by atoms with van der Waals surface area (Å²) in [7, 11) is 0. The molecule has 0 saturated carbocycles. The molecule has 0 aliphatic carbocycles. The van der Waals surface area contributed by atoms with E-state index in [9.17, 15) is 14.0 Å². The van der Waals surface area contributed by atoms with E-state index in [0.29, 0.717) is 28.8 Å². The quantitative estimate of drug-likeness (QED) is 0.328. The zero-order valence-electron chi connectivity index (χ0n) is 16.6. The molecule has 0 bridgehead atoms. The van der Waals surface area contributed by atoms with E-state index in [-0.39, 0.29) is 29.5 Å². The summed E-state index contributed by atoms with van der Waals surface area (Å²) in [5, 5.41) is 3.10. The summed E-state index contributed by atoms with van der Waals surface area (Å²) in [5.41, 5.74) is 1.73. The van der Waals surface area contributed by atoms with Crippen molar-refractivity contribution in [3.05, 3.63) is 94.0 Å². The zero-order valence-corrected chi connectivity index (χ0v) is 17.4. The van der Waals surface area contributed by atoms with E-state index in [1.807, 2.05) is 18.2 Å². The highest BCUT2D eigenvalue weighted by Gasteiger charge is 2.32. The molecule has 1 aromatic heterocycles. The van der Waals surface area contributed by atoms with E-state index < -0.39 is 5.92 Å². The Hall–Kier alpha value is -3.39. The molecule has 8 heteroatoms. The summed E-state index contributed by atoms with van der Waals surface area (Å²) in [6.07, 6.45) is 1.76. The summed E-state index contributed by atoms with van der Waals surface area (Å²) in [6, 6.07) is 13.5. The Balaban J connectivity index is 1.65. The fourth-order valence-corrected chi connectivity index (χ4v) is 4.28. The topological polar surface area (TPSA) is 84.1 Å². The molecule has 0 saturated heterocycles. The van der Waals surface area contributed by atoms with Gasteiger partial charge in [0.05, 0.1) is 5.56 Å². The van der Waals surface area contributed by atoms with Crippen LogP contribution in [-0.2, 0) is 10.5 Å². The summed E-state index contributed by atoms with van der Waals surface area (Å²) >= 11 is 1.30. The number of aromatic amines is 1. The highest BCUT2D eigenvalue weighted by atomic mass is 32.2. The van der Waals surface area contributed by atoms with Crippen LogP contribution in [0.15, 0.2) is 71.1 Å². The Bertz CT molecular complexity index is 1180. The van der Waals surface area contributed by atoms with Crippen LogP contribution in [0.1, 0.15) is 29.0 Å². The average Bonchev–Trinajstić information content (AvgIpc) is 2.76. The number of hydrogen-bond donors (Lipinski definition) is 2. The van der Waals surface area contributed by atoms with Gasteiger partial charge in [-0.25, -0.2) is 9.37 Å². The van der Waals surface area contributed by atoms with Gasteiger partial charge in [-0.05, 0) is 23.8 Å². The second-order valence-electron chi connectivity index (χ2n) is 6.99. The van der Waals surface area contributed by atoms with Gasteiger partial charge in [-0.15, -0.1) is 0 Å². The van der Waals surface area contributed by atoms with Crippen molar-refractivity contribution in [2.24, 2.45) is 0 Å². The van der Waals surface area contributed by atoms with Gasteiger partial charge in [-0.2, -0.15) is 0 Å². The largest absolute Gasteiger partial charge is 0.489 e. The minimum atomic E-state index is -0.475. The normalized spacial score (nSPS) is 15.1. The Labute approximate surface area is 182 Å². The second kappa shape index (κ2) is 9.18. The van der Waals surface area contributed by atoms with Gasteiger partial charge in [0.1, 0.15) is 24.0 Å². The van der Waals surface area contributed by atoms with E-state index in [2.05, 4.69) is 21.9 Å². The molecule has 0 radical (unpaired) electrons. The number of anilines is 1. The van der Waals surface area contributed by atoms with Crippen molar-refractivity contribution in [3.8, 4) is 5.75 Å². The molecule has 0 fully saturated rings. The number of aromatic nitrogens is 2. The number of nitrogens with one attached hydrogen (secondary N) is 2. The maximum atomic E-state index is 13.1. The summed E-state index contributed by atoms with van der Waals surface area (Å²) < 4.78 is 18.8. The van der Waals surface area contributed by atoms with Gasteiger partial charge >= 0.3 is 0 Å². The molecule has 1 aliphatic rings. The molecule has 4 rings (SSSR count). The number of carbonyl (C=O) groups excluding carboxylic acids is 1. The van der Waals surface area contributed by atoms with Gasteiger partial charge in [0.2, 0.25) is 5.91 Å². The third-order valence-corrected chi connectivity index (χ3v) is 5.81. The average molecular weight is 437 g/mol. The molecular formula is C23H20FN3O3S. The van der Waals surface area contributed by atoms with Crippen LogP contribution in [0, 0.1) is 5.82 Å². The molecule has 2 aromatic carbocycles. The van der Waals surface area contributed by atoms with Crippen molar-refractivity contribution in [1.29, 1.82) is 0 Å². The van der Waals surface area contributed by atoms with Crippen LogP contribution in [0.2, 0.25) is 0 Å². The summed E-state index contributed by atoms with van der Waals surface area (Å²) in [6.45, 7) is 3.97. The van der Waals surface area contributed by atoms with Gasteiger partial charge in [0.15, 0.2) is 5.16 Å². The molecule has 1 atom stereocenters. The molecule has 158 valence electrons. The predicted octanol–water partition coefficient (Wildman–Crippen LogP) is 4.24. The number of para-hydroxylation sites is 1. The monoisotopic (exact) mass is 437 g/mol. The van der Waals surface area contributed by atoms with Gasteiger partial charge in [0.25, 0.3) is 5.56 Å². The van der Waals surface area contributed by atoms with Crippen molar-refractivity contribution in [1.82, 2.24) is 9.97 Å². The Morgan fingerprint density at radius 2 is 1.97 bits per heavy atom. The van der Waals surface area contributed by atoms with Crippen molar-refractivity contribution >= 4 is 23.5 Å². The van der Waals surface area contributed by atoms with Crippen molar-refractivity contribution in [3.63, 3.8) is 0 Å². The Kier molecular flexibility index (Phi) is 6.18. The first-order valence-electron chi connectivity index (χ1n) is 9.69. The molecule has 31 heavy (non-hydrogen) atoms. The van der Waals surface area contributed by atoms with Gasteiger partial charge in [-0.3, -0.25) is 9.59 Å². The lowest BCUT2D eigenvalue weighted by Gasteiger charge is -2.26. The number of ether oxygens (including phenoxy) is 1. The third kappa shape index (κ3) is 4.69. The Morgan fingerprint density at radius 3 is 2.74 bits per heavy atom. The fraction of sp³-hybridized carbons (Fsp3) is 0.174. The minimum absolute atomic E-state index is 0.119. The maximum absolute atomic E-state index is 13.1. The van der Waals surface area contributed by atoms with Gasteiger partial charge < -0.3 is 15.0 Å². The number of rotatable bonds is 7. The minimum Gasteiger partial charge on any atom is -0.489 e. The van der Waals surface area contributed by atoms with Crippen LogP contribution in [0.25, 0.3) is 0 Å². The Morgan fingerprint density at radius 1 is 1.19 bits per heavy atom. The van der Waals surface area contributed by atoms with Crippen molar-refractivity contribution < 1.29 is 13.9 Å². The number of halogens is 1. The molecule has 2 heterocycles. The molecule has 0 spiro atoms. The first-order valence-corrected chi connectivity index (χ1v) is 10.7. The SMILES string of the molecule is C=CCOc1ccccc1[C@H]1CC(=O)Nc2nc(SCc3ccc(F)cc3)[nH]c(=O)c21. The molecule has 2 N–H and O–H groups in total. The van der Waals surface area contributed by atoms with Crippen molar-refractivity contribution in [2.45, 2.75) is 23.2 Å². The number of H-pyrrole nitrogens is 1. The maximum Gasteiger partial charge on any atom is 0.257 e. The molecule has 6 nitrogen and oxygen atoms in total. The molecule has 1 amide bonds. The second-order valence-corrected chi connectivity index (χ2v) is 7.95. The number of benzene rings is 2. The standard InChI is InChI=1S/C23H20FN3O3S/c1-2-11-30-18-6-4-3-5-16(18)17-12-19(28)25-21-20(17)22(29)27-23(26-21)31-13-14-7-9-15(24)10-8-14/h2-10,17H,1,11-13H2,(H2,25,26,27,28,29)/t17-/m1/s1. The lowest BCUT2D eigenvalue weighted by Crippen LogP contribution is -2.31. The number of thioether (sulfide) groups is 1. The lowest BCUT2D eigenvalue weighted by atomic mass is 9.86. The number of nitrogens with zero attached hydrogens (tertiary/aromatic N) is 1. The van der Waals surface area contributed by atoms with Crippen LogP contribution >= 0.6 is 11.8 Å².